The lowest BCUT2D eigenvalue weighted by Gasteiger charge is -2.21. The van der Waals surface area contributed by atoms with Gasteiger partial charge in [0.05, 0.1) is 12.3 Å². The zero-order valence-electron chi connectivity index (χ0n) is 10.8. The van der Waals surface area contributed by atoms with Crippen LogP contribution in [0, 0.1) is 0 Å². The van der Waals surface area contributed by atoms with Gasteiger partial charge < -0.3 is 20.5 Å². The molecule has 0 atom stereocenters. The minimum atomic E-state index is -0.132. The van der Waals surface area contributed by atoms with Crippen LogP contribution >= 0.6 is 0 Å². The van der Waals surface area contributed by atoms with Crippen LogP contribution in [0.3, 0.4) is 0 Å². The van der Waals surface area contributed by atoms with Crippen molar-refractivity contribution in [3.63, 3.8) is 0 Å². The number of nitrogens with two attached hydrogens (primary N) is 1. The summed E-state index contributed by atoms with van der Waals surface area (Å²) in [5.41, 5.74) is 6.20. The molecule has 0 bridgehead atoms. The number of carbonyl (C=O) groups is 1. The zero-order valence-corrected chi connectivity index (χ0v) is 10.8. The van der Waals surface area contributed by atoms with Crippen LogP contribution in [0.5, 0.6) is 5.75 Å². The average Bonchev–Trinajstić information content (AvgIpc) is 2.37. The maximum atomic E-state index is 12.2. The first kappa shape index (κ1) is 14.3. The first-order valence-electron chi connectivity index (χ1n) is 6.05. The Kier molecular flexibility index (Phi) is 5.45. The number of nitrogens with zero attached hydrogens (tertiary/aromatic N) is 1. The van der Waals surface area contributed by atoms with Gasteiger partial charge in [0.25, 0.3) is 5.91 Å². The van der Waals surface area contributed by atoms with E-state index in [0.717, 1.165) is 0 Å². The van der Waals surface area contributed by atoms with Crippen LogP contribution < -0.4 is 5.73 Å². The van der Waals surface area contributed by atoms with Crippen molar-refractivity contribution in [3.8, 4) is 5.75 Å². The Balaban J connectivity index is 2.73. The van der Waals surface area contributed by atoms with Crippen molar-refractivity contribution in [2.24, 2.45) is 0 Å². The van der Waals surface area contributed by atoms with Crippen molar-refractivity contribution < 1.29 is 14.6 Å². The average molecular weight is 252 g/mol. The van der Waals surface area contributed by atoms with E-state index in [1.807, 2.05) is 13.8 Å². The van der Waals surface area contributed by atoms with E-state index in [1.54, 1.807) is 11.0 Å². The molecule has 3 N–H and O–H groups in total. The summed E-state index contributed by atoms with van der Waals surface area (Å²) < 4.78 is 5.23. The number of nitrogen functional groups attached to an aromatic ring is 1. The molecule has 0 unspecified atom stereocenters. The van der Waals surface area contributed by atoms with Crippen LogP contribution in [0.25, 0.3) is 0 Å². The second-order valence-corrected chi connectivity index (χ2v) is 3.86. The fraction of sp³-hybridized carbons (Fsp3) is 0.462. The van der Waals surface area contributed by atoms with E-state index in [-0.39, 0.29) is 17.3 Å². The minimum absolute atomic E-state index is 0.0679. The lowest BCUT2D eigenvalue weighted by atomic mass is 10.1. The number of likely N-dealkylation sites (N-methyl/N-ethyl adjacent to an activating group) is 1. The third-order valence-corrected chi connectivity index (χ3v) is 2.66. The first-order chi connectivity index (χ1) is 8.60. The van der Waals surface area contributed by atoms with Crippen LogP contribution in [0.4, 0.5) is 5.69 Å². The highest BCUT2D eigenvalue weighted by Gasteiger charge is 2.14. The Morgan fingerprint density at radius 1 is 1.44 bits per heavy atom. The van der Waals surface area contributed by atoms with E-state index in [2.05, 4.69) is 0 Å². The number of aromatic hydroxyl groups is 1. The smallest absolute Gasteiger partial charge is 0.254 e. The van der Waals surface area contributed by atoms with Crippen LogP contribution in [0.2, 0.25) is 0 Å². The number of amides is 1. The van der Waals surface area contributed by atoms with Gasteiger partial charge in [-0.25, -0.2) is 0 Å². The molecule has 0 aliphatic carbocycles. The molecule has 0 radical (unpaired) electrons. The number of carbonyl (C=O) groups excluding carboxylic acids is 1. The Morgan fingerprint density at radius 3 is 2.72 bits per heavy atom. The fourth-order valence-electron chi connectivity index (χ4n) is 1.58. The SMILES string of the molecule is CCOCCN(CC)C(=O)c1ccc(N)c(O)c1. The van der Waals surface area contributed by atoms with Gasteiger partial charge in [0, 0.05) is 25.3 Å². The van der Waals surface area contributed by atoms with Crippen molar-refractivity contribution in [2.75, 3.05) is 32.0 Å². The van der Waals surface area contributed by atoms with Crippen molar-refractivity contribution in [1.82, 2.24) is 4.90 Å². The van der Waals surface area contributed by atoms with Gasteiger partial charge in [0.15, 0.2) is 0 Å². The van der Waals surface area contributed by atoms with Gasteiger partial charge in [-0.2, -0.15) is 0 Å². The third kappa shape index (κ3) is 3.63. The van der Waals surface area contributed by atoms with E-state index in [0.29, 0.717) is 31.9 Å². The Labute approximate surface area is 107 Å². The highest BCUT2D eigenvalue weighted by Crippen LogP contribution is 2.21. The second-order valence-electron chi connectivity index (χ2n) is 3.86. The highest BCUT2D eigenvalue weighted by atomic mass is 16.5. The van der Waals surface area contributed by atoms with Gasteiger partial charge in [0.2, 0.25) is 0 Å². The standard InChI is InChI=1S/C13H20N2O3/c1-3-15(7-8-18-4-2)13(17)10-5-6-11(14)12(16)9-10/h5-6,9,16H,3-4,7-8,14H2,1-2H3. The van der Waals surface area contributed by atoms with Crippen LogP contribution in [-0.4, -0.2) is 42.2 Å². The van der Waals surface area contributed by atoms with Crippen LogP contribution in [0.15, 0.2) is 18.2 Å². The van der Waals surface area contributed by atoms with Crippen molar-refractivity contribution in [1.29, 1.82) is 0 Å². The number of hydrogen-bond acceptors (Lipinski definition) is 4. The summed E-state index contributed by atoms with van der Waals surface area (Å²) in [7, 11) is 0. The molecule has 5 nitrogen and oxygen atoms in total. The molecule has 0 saturated carbocycles. The summed E-state index contributed by atoms with van der Waals surface area (Å²) >= 11 is 0. The Morgan fingerprint density at radius 2 is 2.17 bits per heavy atom. The third-order valence-electron chi connectivity index (χ3n) is 2.66. The Bertz CT molecular complexity index is 407. The van der Waals surface area contributed by atoms with E-state index in [4.69, 9.17) is 10.5 Å². The second kappa shape index (κ2) is 6.86. The summed E-state index contributed by atoms with van der Waals surface area (Å²) in [6.07, 6.45) is 0. The molecule has 18 heavy (non-hydrogen) atoms. The maximum Gasteiger partial charge on any atom is 0.254 e. The van der Waals surface area contributed by atoms with Crippen molar-refractivity contribution >= 4 is 11.6 Å². The van der Waals surface area contributed by atoms with Gasteiger partial charge in [-0.1, -0.05) is 0 Å². The molecule has 100 valence electrons. The number of phenolic OH excluding ortho intramolecular Hbond substituents is 1. The van der Waals surface area contributed by atoms with Crippen molar-refractivity contribution in [3.05, 3.63) is 23.8 Å². The highest BCUT2D eigenvalue weighted by molar-refractivity contribution is 5.95. The van der Waals surface area contributed by atoms with Crippen LogP contribution in [0.1, 0.15) is 24.2 Å². The van der Waals surface area contributed by atoms with Gasteiger partial charge in [-0.15, -0.1) is 0 Å². The quantitative estimate of drug-likeness (QED) is 0.457. The molecule has 0 aliphatic rings. The predicted molar refractivity (Wildman–Crippen MR) is 70.6 cm³/mol. The topological polar surface area (TPSA) is 75.8 Å². The molecule has 1 amide bonds. The molecule has 1 aromatic rings. The van der Waals surface area contributed by atoms with E-state index >= 15 is 0 Å². The predicted octanol–water partition coefficient (Wildman–Crippen LogP) is 1.47. The van der Waals surface area contributed by atoms with E-state index < -0.39 is 0 Å². The van der Waals surface area contributed by atoms with E-state index in [1.165, 1.54) is 12.1 Å². The van der Waals surface area contributed by atoms with Gasteiger partial charge in [0.1, 0.15) is 5.75 Å². The fourth-order valence-corrected chi connectivity index (χ4v) is 1.58. The molecule has 1 aromatic carbocycles. The summed E-state index contributed by atoms with van der Waals surface area (Å²) in [5.74, 6) is -0.200. The molecule has 0 aromatic heterocycles. The number of hydrogen-bond donors (Lipinski definition) is 2. The lowest BCUT2D eigenvalue weighted by molar-refractivity contribution is 0.0669. The Hall–Kier alpha value is -1.75. The summed E-state index contributed by atoms with van der Waals surface area (Å²) in [5, 5.41) is 9.50. The number of anilines is 1. The lowest BCUT2D eigenvalue weighted by Crippen LogP contribution is -2.33. The van der Waals surface area contributed by atoms with Gasteiger partial charge in [-0.3, -0.25) is 4.79 Å². The van der Waals surface area contributed by atoms with Crippen molar-refractivity contribution in [2.45, 2.75) is 13.8 Å². The van der Waals surface area contributed by atoms with Gasteiger partial charge >= 0.3 is 0 Å². The largest absolute Gasteiger partial charge is 0.506 e. The number of phenols is 1. The normalized spacial score (nSPS) is 10.3. The molecule has 1 rings (SSSR count). The molecule has 0 saturated heterocycles. The first-order valence-corrected chi connectivity index (χ1v) is 6.05. The summed E-state index contributed by atoms with van der Waals surface area (Å²) in [4.78, 5) is 13.8. The summed E-state index contributed by atoms with van der Waals surface area (Å²) in [6.45, 7) is 6.09. The molecular weight excluding hydrogens is 232 g/mol. The molecule has 0 fully saturated rings. The summed E-state index contributed by atoms with van der Waals surface area (Å²) in [6, 6.07) is 4.53. The minimum Gasteiger partial charge on any atom is -0.506 e. The van der Waals surface area contributed by atoms with E-state index in [9.17, 15) is 9.90 Å². The molecule has 0 heterocycles. The monoisotopic (exact) mass is 252 g/mol. The molecule has 5 heteroatoms. The van der Waals surface area contributed by atoms with Gasteiger partial charge in [-0.05, 0) is 32.0 Å². The zero-order chi connectivity index (χ0) is 13.5. The maximum absolute atomic E-state index is 12.2. The molecule has 0 spiro atoms. The number of ether oxygens (including phenoxy) is 1. The number of benzene rings is 1. The molecule has 0 aliphatic heterocycles. The molecular formula is C13H20N2O3. The van der Waals surface area contributed by atoms with Crippen LogP contribution in [-0.2, 0) is 4.74 Å². The number of rotatable bonds is 6.